The molecule has 6 aromatic carbocycles. The van der Waals surface area contributed by atoms with Crippen LogP contribution in [-0.2, 0) is 12.8 Å². The van der Waals surface area contributed by atoms with Crippen LogP contribution in [0.1, 0.15) is 46.8 Å². The SMILES string of the molecule is CC1(C)Cc2c(ccc3c2ccc2ccccc23)CC1c1cccc(N2CCN(c3ccccc3)C2=O)c1.O=C(O)c1ccc2ncccc2c1. The van der Waals surface area contributed by atoms with E-state index in [2.05, 4.69) is 91.6 Å². The van der Waals surface area contributed by atoms with Crippen molar-refractivity contribution < 1.29 is 14.7 Å². The summed E-state index contributed by atoms with van der Waals surface area (Å²) >= 11 is 0. The minimum Gasteiger partial charge on any atom is -0.478 e. The van der Waals surface area contributed by atoms with Crippen LogP contribution in [0.2, 0.25) is 0 Å². The first-order valence-electron chi connectivity index (χ1n) is 17.5. The van der Waals surface area contributed by atoms with Crippen LogP contribution in [0.5, 0.6) is 0 Å². The molecule has 7 aromatic rings. The highest BCUT2D eigenvalue weighted by molar-refractivity contribution is 6.09. The average molecular weight is 670 g/mol. The van der Waals surface area contributed by atoms with E-state index in [-0.39, 0.29) is 11.4 Å². The Labute approximate surface area is 297 Å². The number of carboxylic acids is 1. The number of aromatic nitrogens is 1. The molecule has 1 unspecified atom stereocenters. The van der Waals surface area contributed by atoms with Gasteiger partial charge in [0.15, 0.2) is 0 Å². The summed E-state index contributed by atoms with van der Waals surface area (Å²) in [5.74, 6) is -0.526. The van der Waals surface area contributed by atoms with Crippen molar-refractivity contribution in [3.05, 3.63) is 162 Å². The minimum atomic E-state index is -0.911. The molecule has 0 spiro atoms. The van der Waals surface area contributed by atoms with E-state index in [1.165, 1.54) is 38.2 Å². The molecule has 1 N–H and O–H groups in total. The molecule has 9 rings (SSSR count). The predicted octanol–water partition coefficient (Wildman–Crippen LogP) is 10.3. The molecule has 1 aliphatic heterocycles. The second-order valence-corrected chi connectivity index (χ2v) is 14.2. The Morgan fingerprint density at radius 1 is 0.706 bits per heavy atom. The Bertz CT molecular complexity index is 2440. The number of carbonyl (C=O) groups is 2. The van der Waals surface area contributed by atoms with Gasteiger partial charge >= 0.3 is 12.0 Å². The molecule has 2 aliphatic rings. The average Bonchev–Trinajstić information content (AvgIpc) is 3.55. The zero-order chi connectivity index (χ0) is 35.1. The summed E-state index contributed by atoms with van der Waals surface area (Å²) < 4.78 is 0. The second-order valence-electron chi connectivity index (χ2n) is 14.2. The number of urea groups is 1. The summed E-state index contributed by atoms with van der Waals surface area (Å²) in [5.41, 5.74) is 7.43. The Hall–Kier alpha value is -6.01. The van der Waals surface area contributed by atoms with Crippen LogP contribution in [0, 0.1) is 5.41 Å². The van der Waals surface area contributed by atoms with Crippen molar-refractivity contribution >= 4 is 55.8 Å². The van der Waals surface area contributed by atoms with Crippen LogP contribution < -0.4 is 9.80 Å². The van der Waals surface area contributed by atoms with Gasteiger partial charge in [0, 0.05) is 36.0 Å². The van der Waals surface area contributed by atoms with Gasteiger partial charge in [0.25, 0.3) is 0 Å². The Kier molecular flexibility index (Phi) is 8.23. The van der Waals surface area contributed by atoms with Gasteiger partial charge in [-0.2, -0.15) is 0 Å². The first-order valence-corrected chi connectivity index (χ1v) is 17.5. The number of rotatable bonds is 4. The van der Waals surface area contributed by atoms with Crippen LogP contribution in [-0.4, -0.2) is 35.2 Å². The van der Waals surface area contributed by atoms with Crippen molar-refractivity contribution in [2.24, 2.45) is 5.41 Å². The maximum absolute atomic E-state index is 13.4. The van der Waals surface area contributed by atoms with Gasteiger partial charge in [-0.25, -0.2) is 9.59 Å². The zero-order valence-corrected chi connectivity index (χ0v) is 28.8. The van der Waals surface area contributed by atoms with Gasteiger partial charge in [-0.15, -0.1) is 0 Å². The molecule has 1 fully saturated rings. The molecule has 1 aromatic heterocycles. The number of aromatic carboxylic acids is 1. The number of anilines is 2. The molecule has 6 nitrogen and oxygen atoms in total. The number of fused-ring (bicyclic) bond motifs is 6. The molecule has 2 heterocycles. The number of pyridine rings is 1. The van der Waals surface area contributed by atoms with Crippen LogP contribution >= 0.6 is 0 Å². The highest BCUT2D eigenvalue weighted by Gasteiger charge is 2.38. The summed E-state index contributed by atoms with van der Waals surface area (Å²) in [4.78, 5) is 31.9. The van der Waals surface area contributed by atoms with Crippen molar-refractivity contribution in [3.8, 4) is 0 Å². The fourth-order valence-electron chi connectivity index (χ4n) is 7.98. The van der Waals surface area contributed by atoms with Crippen molar-refractivity contribution in [2.45, 2.75) is 32.6 Å². The molecule has 0 saturated carbocycles. The monoisotopic (exact) mass is 669 g/mol. The lowest BCUT2D eigenvalue weighted by molar-refractivity contribution is 0.0697. The third-order valence-electron chi connectivity index (χ3n) is 10.6. The number of benzene rings is 6. The third-order valence-corrected chi connectivity index (χ3v) is 10.6. The lowest BCUT2D eigenvalue weighted by atomic mass is 9.63. The standard InChI is InChI=1S/C35H32N2O.C10H7NO2/c1-35(2)23-32-25(16-18-30-29-14-7-6-9-24(29)15-17-31(30)32)22-33(35)26-10-8-13-28(21-26)37-20-19-36(34(37)38)27-11-4-3-5-12-27;12-10(13)8-3-4-9-7(6-8)2-1-5-11-9/h3-18,21,33H,19-20,22-23H2,1-2H3;1-6H,(H,12,13). The van der Waals surface area contributed by atoms with Crippen molar-refractivity contribution in [2.75, 3.05) is 22.9 Å². The first-order chi connectivity index (χ1) is 24.8. The highest BCUT2D eigenvalue weighted by atomic mass is 16.4. The van der Waals surface area contributed by atoms with E-state index in [4.69, 9.17) is 5.11 Å². The fraction of sp³-hybridized carbons (Fsp3) is 0.178. The summed E-state index contributed by atoms with van der Waals surface area (Å²) in [6.45, 7) is 6.22. The normalized spacial score (nSPS) is 16.6. The maximum atomic E-state index is 13.4. The van der Waals surface area contributed by atoms with Gasteiger partial charge in [-0.3, -0.25) is 14.8 Å². The largest absolute Gasteiger partial charge is 0.478 e. The van der Waals surface area contributed by atoms with Crippen LogP contribution in [0.25, 0.3) is 32.4 Å². The number of hydrogen-bond donors (Lipinski definition) is 1. The van der Waals surface area contributed by atoms with E-state index in [1.54, 1.807) is 30.5 Å². The highest BCUT2D eigenvalue weighted by Crippen LogP contribution is 2.48. The van der Waals surface area contributed by atoms with Gasteiger partial charge in [0.1, 0.15) is 0 Å². The summed E-state index contributed by atoms with van der Waals surface area (Å²) in [5, 5.41) is 15.0. The van der Waals surface area contributed by atoms with Gasteiger partial charge in [0.2, 0.25) is 0 Å². The fourth-order valence-corrected chi connectivity index (χ4v) is 7.98. The summed E-state index contributed by atoms with van der Waals surface area (Å²) in [7, 11) is 0. The van der Waals surface area contributed by atoms with E-state index in [0.717, 1.165) is 35.1 Å². The van der Waals surface area contributed by atoms with Gasteiger partial charge in [0.05, 0.1) is 11.1 Å². The Morgan fingerprint density at radius 3 is 2.25 bits per heavy atom. The number of para-hydroxylation sites is 1. The van der Waals surface area contributed by atoms with E-state index in [0.29, 0.717) is 24.6 Å². The van der Waals surface area contributed by atoms with E-state index < -0.39 is 5.97 Å². The number of nitrogens with zero attached hydrogens (tertiary/aromatic N) is 3. The molecule has 0 bridgehead atoms. The zero-order valence-electron chi connectivity index (χ0n) is 28.8. The number of amides is 2. The Balaban J connectivity index is 0.000000242. The van der Waals surface area contributed by atoms with Gasteiger partial charge in [-0.05, 0) is 111 Å². The number of carbonyl (C=O) groups excluding carboxylic acids is 1. The number of hydrogen-bond acceptors (Lipinski definition) is 3. The predicted molar refractivity (Wildman–Crippen MR) is 207 cm³/mol. The number of carboxylic acid groups (broad SMARTS) is 1. The molecule has 51 heavy (non-hydrogen) atoms. The molecule has 1 atom stereocenters. The lowest BCUT2D eigenvalue weighted by Crippen LogP contribution is -2.33. The molecule has 2 amide bonds. The van der Waals surface area contributed by atoms with Crippen molar-refractivity contribution in [1.29, 1.82) is 0 Å². The van der Waals surface area contributed by atoms with Crippen LogP contribution in [0.15, 0.2) is 140 Å². The van der Waals surface area contributed by atoms with Crippen molar-refractivity contribution in [1.82, 2.24) is 4.98 Å². The van der Waals surface area contributed by atoms with Crippen LogP contribution in [0.4, 0.5) is 16.2 Å². The summed E-state index contributed by atoms with van der Waals surface area (Å²) in [6.07, 6.45) is 3.73. The third kappa shape index (κ3) is 6.08. The molecule has 6 heteroatoms. The molecule has 1 aliphatic carbocycles. The first kappa shape index (κ1) is 32.2. The molecule has 1 saturated heterocycles. The molecule has 252 valence electrons. The molecular formula is C45H39N3O3. The topological polar surface area (TPSA) is 73.7 Å². The second kappa shape index (κ2) is 13.0. The van der Waals surface area contributed by atoms with Gasteiger partial charge in [-0.1, -0.05) is 98.8 Å². The van der Waals surface area contributed by atoms with Crippen LogP contribution in [0.3, 0.4) is 0 Å². The molecular weight excluding hydrogens is 631 g/mol. The van der Waals surface area contributed by atoms with Gasteiger partial charge < -0.3 is 5.11 Å². The van der Waals surface area contributed by atoms with Crippen molar-refractivity contribution in [3.63, 3.8) is 0 Å². The quantitative estimate of drug-likeness (QED) is 0.189. The smallest absolute Gasteiger partial charge is 0.335 e. The minimum absolute atomic E-state index is 0.0558. The lowest BCUT2D eigenvalue weighted by Gasteiger charge is -2.41. The van der Waals surface area contributed by atoms with E-state index >= 15 is 0 Å². The van der Waals surface area contributed by atoms with E-state index in [1.807, 2.05) is 46.2 Å². The maximum Gasteiger partial charge on any atom is 0.335 e. The van der Waals surface area contributed by atoms with E-state index in [9.17, 15) is 9.59 Å². The molecule has 0 radical (unpaired) electrons. The summed E-state index contributed by atoms with van der Waals surface area (Å²) in [6, 6.07) is 45.2. The Morgan fingerprint density at radius 2 is 1.43 bits per heavy atom.